The molecule has 5 nitrogen and oxygen atoms in total. The largest absolute Gasteiger partial charge is 0.496 e. The maximum atomic E-state index is 13.1. The quantitative estimate of drug-likeness (QED) is 0.701. The molecule has 1 atom stereocenters. The Bertz CT molecular complexity index is 869. The molecule has 1 aliphatic heterocycles. The van der Waals surface area contributed by atoms with Crippen molar-refractivity contribution in [2.75, 3.05) is 33.8 Å². The molecule has 2 amide bonds. The summed E-state index contributed by atoms with van der Waals surface area (Å²) in [6, 6.07) is 13.8. The second-order valence-electron chi connectivity index (χ2n) is 7.80. The number of likely N-dealkylation sites (tertiary alicyclic amines) is 1. The summed E-state index contributed by atoms with van der Waals surface area (Å²) in [5, 5.41) is 0. The molecule has 0 spiro atoms. The Hall–Kier alpha value is -2.89. The Balaban J connectivity index is 1.54. The molecule has 2 aromatic carbocycles. The average Bonchev–Trinajstić information content (AvgIpc) is 2.78. The van der Waals surface area contributed by atoms with E-state index in [0.29, 0.717) is 26.1 Å². The van der Waals surface area contributed by atoms with Crippen LogP contribution in [-0.4, -0.2) is 55.4 Å². The van der Waals surface area contributed by atoms with Crippen molar-refractivity contribution in [1.29, 1.82) is 0 Å². The van der Waals surface area contributed by atoms with Crippen molar-refractivity contribution in [2.45, 2.75) is 25.7 Å². The number of likely N-dealkylation sites (N-methyl/N-ethyl adjacent to an activating group) is 1. The average molecular weight is 413 g/mol. The fraction of sp³-hybridized carbons (Fsp3) is 0.417. The second kappa shape index (κ2) is 10.2. The smallest absolute Gasteiger partial charge is 0.227 e. The minimum atomic E-state index is -0.314. The van der Waals surface area contributed by atoms with Crippen molar-refractivity contribution < 1.29 is 18.7 Å². The van der Waals surface area contributed by atoms with Crippen LogP contribution in [0, 0.1) is 11.7 Å². The summed E-state index contributed by atoms with van der Waals surface area (Å²) in [5.41, 5.74) is 1.85. The van der Waals surface area contributed by atoms with Gasteiger partial charge in [-0.25, -0.2) is 4.39 Å². The fourth-order valence-electron chi connectivity index (χ4n) is 3.91. The lowest BCUT2D eigenvalue weighted by Gasteiger charge is -2.34. The minimum Gasteiger partial charge on any atom is -0.496 e. The normalized spacial score (nSPS) is 16.2. The van der Waals surface area contributed by atoms with Crippen molar-refractivity contribution >= 4 is 11.8 Å². The lowest BCUT2D eigenvalue weighted by atomic mass is 9.95. The SMILES string of the molecule is COc1ccccc1CCN(C)C(=O)C1CCCN(C(=O)Cc2ccc(F)cc2)C1. The molecule has 2 aromatic rings. The van der Waals surface area contributed by atoms with Crippen LogP contribution in [0.1, 0.15) is 24.0 Å². The van der Waals surface area contributed by atoms with Gasteiger partial charge < -0.3 is 14.5 Å². The molecule has 160 valence electrons. The predicted octanol–water partition coefficient (Wildman–Crippen LogP) is 3.32. The number of para-hydroxylation sites is 1. The van der Waals surface area contributed by atoms with Gasteiger partial charge in [0.2, 0.25) is 11.8 Å². The number of carbonyl (C=O) groups excluding carboxylic acids is 2. The molecule has 3 rings (SSSR count). The van der Waals surface area contributed by atoms with Crippen molar-refractivity contribution in [3.63, 3.8) is 0 Å². The van der Waals surface area contributed by atoms with Crippen LogP contribution in [0.5, 0.6) is 5.75 Å². The highest BCUT2D eigenvalue weighted by atomic mass is 19.1. The van der Waals surface area contributed by atoms with Gasteiger partial charge in [0.15, 0.2) is 0 Å². The molecular weight excluding hydrogens is 383 g/mol. The van der Waals surface area contributed by atoms with Crippen LogP contribution in [0.3, 0.4) is 0 Å². The first-order valence-corrected chi connectivity index (χ1v) is 10.4. The Kier molecular flexibility index (Phi) is 7.44. The van der Waals surface area contributed by atoms with Gasteiger partial charge in [0, 0.05) is 26.7 Å². The summed E-state index contributed by atoms with van der Waals surface area (Å²) >= 11 is 0. The standard InChI is InChI=1S/C24H29FN2O3/c1-26(15-13-19-6-3-4-8-22(19)30-2)24(29)20-7-5-14-27(17-20)23(28)16-18-9-11-21(25)12-10-18/h3-4,6,8-12,20H,5,7,13-17H2,1-2H3. The summed E-state index contributed by atoms with van der Waals surface area (Å²) in [7, 11) is 3.46. The van der Waals surface area contributed by atoms with E-state index >= 15 is 0 Å². The zero-order chi connectivity index (χ0) is 21.5. The molecule has 30 heavy (non-hydrogen) atoms. The molecule has 0 aromatic heterocycles. The van der Waals surface area contributed by atoms with E-state index in [1.54, 1.807) is 29.0 Å². The van der Waals surface area contributed by atoms with Crippen LogP contribution in [0.4, 0.5) is 4.39 Å². The predicted molar refractivity (Wildman–Crippen MR) is 114 cm³/mol. The third kappa shape index (κ3) is 5.59. The van der Waals surface area contributed by atoms with E-state index in [1.165, 1.54) is 12.1 Å². The van der Waals surface area contributed by atoms with E-state index in [-0.39, 0.29) is 30.0 Å². The van der Waals surface area contributed by atoms with Gasteiger partial charge in [-0.1, -0.05) is 30.3 Å². The lowest BCUT2D eigenvalue weighted by Crippen LogP contribution is -2.46. The lowest BCUT2D eigenvalue weighted by molar-refractivity contribution is -0.139. The van der Waals surface area contributed by atoms with E-state index in [4.69, 9.17) is 4.74 Å². The molecule has 1 fully saturated rings. The van der Waals surface area contributed by atoms with Gasteiger partial charge in [-0.2, -0.15) is 0 Å². The van der Waals surface area contributed by atoms with E-state index in [0.717, 1.165) is 29.7 Å². The molecule has 6 heteroatoms. The van der Waals surface area contributed by atoms with Crippen molar-refractivity contribution in [2.24, 2.45) is 5.92 Å². The Morgan fingerprint density at radius 3 is 2.63 bits per heavy atom. The van der Waals surface area contributed by atoms with Gasteiger partial charge >= 0.3 is 0 Å². The zero-order valence-corrected chi connectivity index (χ0v) is 17.6. The monoisotopic (exact) mass is 412 g/mol. The number of hydrogen-bond donors (Lipinski definition) is 0. The topological polar surface area (TPSA) is 49.9 Å². The molecule has 0 aliphatic carbocycles. The van der Waals surface area contributed by atoms with Crippen LogP contribution in [0.2, 0.25) is 0 Å². The molecular formula is C24H29FN2O3. The molecule has 1 aliphatic rings. The molecule has 1 heterocycles. The summed E-state index contributed by atoms with van der Waals surface area (Å²) in [4.78, 5) is 29.1. The first-order chi connectivity index (χ1) is 14.5. The van der Waals surface area contributed by atoms with Gasteiger partial charge in [0.1, 0.15) is 11.6 Å². The molecule has 1 saturated heterocycles. The van der Waals surface area contributed by atoms with Crippen molar-refractivity contribution in [3.05, 3.63) is 65.5 Å². The third-order valence-corrected chi connectivity index (χ3v) is 5.68. The molecule has 1 unspecified atom stereocenters. The van der Waals surface area contributed by atoms with E-state index in [9.17, 15) is 14.0 Å². The number of rotatable bonds is 7. The Morgan fingerprint density at radius 1 is 1.17 bits per heavy atom. The molecule has 0 radical (unpaired) electrons. The van der Waals surface area contributed by atoms with Crippen LogP contribution in [0.15, 0.2) is 48.5 Å². The van der Waals surface area contributed by atoms with Gasteiger partial charge in [0.05, 0.1) is 19.4 Å². The number of ether oxygens (including phenoxy) is 1. The minimum absolute atomic E-state index is 0.0178. The number of nitrogens with zero attached hydrogens (tertiary/aromatic N) is 2. The Morgan fingerprint density at radius 2 is 1.90 bits per heavy atom. The summed E-state index contributed by atoms with van der Waals surface area (Å²) in [6.45, 7) is 1.70. The summed E-state index contributed by atoms with van der Waals surface area (Å²) in [5.74, 6) is 0.387. The summed E-state index contributed by atoms with van der Waals surface area (Å²) < 4.78 is 18.4. The van der Waals surface area contributed by atoms with Crippen LogP contribution in [-0.2, 0) is 22.4 Å². The van der Waals surface area contributed by atoms with E-state index in [1.807, 2.05) is 31.3 Å². The van der Waals surface area contributed by atoms with Gasteiger partial charge in [0.25, 0.3) is 0 Å². The number of halogens is 1. The number of hydrogen-bond acceptors (Lipinski definition) is 3. The number of amides is 2. The Labute approximate surface area is 177 Å². The maximum absolute atomic E-state index is 13.1. The van der Waals surface area contributed by atoms with Crippen LogP contribution >= 0.6 is 0 Å². The first kappa shape index (κ1) is 21.8. The molecule has 0 saturated carbocycles. The number of piperidine rings is 1. The van der Waals surface area contributed by atoms with Gasteiger partial charge in [-0.15, -0.1) is 0 Å². The summed E-state index contributed by atoms with van der Waals surface area (Å²) in [6.07, 6.45) is 2.54. The zero-order valence-electron chi connectivity index (χ0n) is 17.6. The highest BCUT2D eigenvalue weighted by Crippen LogP contribution is 2.21. The van der Waals surface area contributed by atoms with Crippen LogP contribution < -0.4 is 4.74 Å². The van der Waals surface area contributed by atoms with E-state index < -0.39 is 0 Å². The second-order valence-corrected chi connectivity index (χ2v) is 7.80. The molecule has 0 bridgehead atoms. The van der Waals surface area contributed by atoms with Gasteiger partial charge in [-0.05, 0) is 48.6 Å². The molecule has 0 N–H and O–H groups in total. The fourth-order valence-corrected chi connectivity index (χ4v) is 3.91. The van der Waals surface area contributed by atoms with Crippen molar-refractivity contribution in [1.82, 2.24) is 9.80 Å². The number of benzene rings is 2. The maximum Gasteiger partial charge on any atom is 0.227 e. The first-order valence-electron chi connectivity index (χ1n) is 10.4. The number of carbonyl (C=O) groups is 2. The highest BCUT2D eigenvalue weighted by molar-refractivity contribution is 5.82. The highest BCUT2D eigenvalue weighted by Gasteiger charge is 2.30. The third-order valence-electron chi connectivity index (χ3n) is 5.68. The van der Waals surface area contributed by atoms with Gasteiger partial charge in [-0.3, -0.25) is 9.59 Å². The van der Waals surface area contributed by atoms with E-state index in [2.05, 4.69) is 0 Å². The van der Waals surface area contributed by atoms with Crippen LogP contribution in [0.25, 0.3) is 0 Å². The number of methoxy groups -OCH3 is 1. The van der Waals surface area contributed by atoms with Crippen molar-refractivity contribution in [3.8, 4) is 5.75 Å².